The van der Waals surface area contributed by atoms with Crippen LogP contribution in [-0.4, -0.2) is 50.9 Å². The van der Waals surface area contributed by atoms with E-state index in [0.717, 1.165) is 29.4 Å². The number of benzene rings is 2. The molecule has 4 rings (SSSR count). The van der Waals surface area contributed by atoms with E-state index in [1.165, 1.54) is 22.5 Å². The maximum Gasteiger partial charge on any atom is 0.283 e. The molecule has 1 aliphatic carbocycles. The summed E-state index contributed by atoms with van der Waals surface area (Å²) in [6.45, 7) is 1.58. The van der Waals surface area contributed by atoms with Crippen molar-refractivity contribution in [3.8, 4) is 0 Å². The fraction of sp³-hybridized carbons (Fsp3) is 0.381. The van der Waals surface area contributed by atoms with E-state index in [2.05, 4.69) is 5.32 Å². The van der Waals surface area contributed by atoms with Gasteiger partial charge in [0.1, 0.15) is 5.82 Å². The molecule has 29 heavy (non-hydrogen) atoms. The van der Waals surface area contributed by atoms with Gasteiger partial charge in [-0.15, -0.1) is 0 Å². The maximum atomic E-state index is 13.5. The predicted octanol–water partition coefficient (Wildman–Crippen LogP) is 0.735. The number of carbonyl (C=O) groups excluding carboxylic acids is 1. The minimum Gasteiger partial charge on any atom is -0.348 e. The van der Waals surface area contributed by atoms with E-state index in [0.29, 0.717) is 13.1 Å². The molecule has 0 unspecified atom stereocenters. The van der Waals surface area contributed by atoms with E-state index in [1.807, 2.05) is 30.3 Å². The van der Waals surface area contributed by atoms with Gasteiger partial charge in [-0.25, -0.2) is 12.8 Å². The molecule has 0 spiro atoms. The summed E-state index contributed by atoms with van der Waals surface area (Å²) in [5.41, 5.74) is 0.932. The lowest BCUT2D eigenvalue weighted by Gasteiger charge is -2.35. The Labute approximate surface area is 170 Å². The van der Waals surface area contributed by atoms with Crippen molar-refractivity contribution in [3.05, 3.63) is 66.0 Å². The van der Waals surface area contributed by atoms with Gasteiger partial charge in [-0.2, -0.15) is 4.31 Å². The molecule has 2 aliphatic rings. The third kappa shape index (κ3) is 4.49. The highest BCUT2D eigenvalue weighted by molar-refractivity contribution is 7.89. The molecule has 2 aromatic rings. The van der Waals surface area contributed by atoms with Crippen LogP contribution in [0.4, 0.5) is 4.39 Å². The lowest BCUT2D eigenvalue weighted by molar-refractivity contribution is -0.925. The minimum atomic E-state index is -3.75. The first-order valence-electron chi connectivity index (χ1n) is 9.91. The lowest BCUT2D eigenvalue weighted by Crippen LogP contribution is -3.16. The Balaban J connectivity index is 1.49. The van der Waals surface area contributed by atoms with Gasteiger partial charge < -0.3 is 10.2 Å². The van der Waals surface area contributed by atoms with E-state index in [1.54, 1.807) is 0 Å². The zero-order valence-corrected chi connectivity index (χ0v) is 16.9. The van der Waals surface area contributed by atoms with Crippen LogP contribution in [0.25, 0.3) is 0 Å². The third-order valence-electron chi connectivity index (χ3n) is 5.53. The number of carbonyl (C=O) groups is 1. The lowest BCUT2D eigenvalue weighted by atomic mass is 10.0. The summed E-state index contributed by atoms with van der Waals surface area (Å²) in [6, 6.07) is 14.6. The van der Waals surface area contributed by atoms with Crippen LogP contribution in [-0.2, 0) is 14.8 Å². The molecule has 1 saturated carbocycles. The molecule has 2 aromatic carbocycles. The van der Waals surface area contributed by atoms with E-state index >= 15 is 0 Å². The number of nitrogens with one attached hydrogen (secondary N) is 2. The van der Waals surface area contributed by atoms with Crippen LogP contribution in [0.5, 0.6) is 0 Å². The SMILES string of the molecule is O=C(NC1CC1)[C@@H](c1ccccc1)[NH+]1CCN(S(=O)(=O)c2cccc(F)c2)CC1. The van der Waals surface area contributed by atoms with Crippen LogP contribution in [0.2, 0.25) is 0 Å². The van der Waals surface area contributed by atoms with Gasteiger partial charge >= 0.3 is 0 Å². The Morgan fingerprint density at radius 2 is 1.76 bits per heavy atom. The second-order valence-corrected chi connectivity index (χ2v) is 9.58. The van der Waals surface area contributed by atoms with Crippen LogP contribution in [0.1, 0.15) is 24.4 Å². The highest BCUT2D eigenvalue weighted by atomic mass is 32.2. The monoisotopic (exact) mass is 418 g/mol. The van der Waals surface area contributed by atoms with Gasteiger partial charge in [-0.1, -0.05) is 36.4 Å². The summed E-state index contributed by atoms with van der Waals surface area (Å²) in [5, 5.41) is 3.09. The number of hydrogen-bond acceptors (Lipinski definition) is 3. The molecule has 1 aliphatic heterocycles. The summed E-state index contributed by atoms with van der Waals surface area (Å²) in [7, 11) is -3.75. The van der Waals surface area contributed by atoms with Crippen molar-refractivity contribution in [2.24, 2.45) is 0 Å². The van der Waals surface area contributed by atoms with Crippen LogP contribution >= 0.6 is 0 Å². The zero-order chi connectivity index (χ0) is 20.4. The van der Waals surface area contributed by atoms with Crippen molar-refractivity contribution in [1.82, 2.24) is 9.62 Å². The first-order chi connectivity index (χ1) is 13.9. The van der Waals surface area contributed by atoms with Gasteiger partial charge in [0, 0.05) is 11.6 Å². The van der Waals surface area contributed by atoms with Crippen LogP contribution in [0.15, 0.2) is 59.5 Å². The summed E-state index contributed by atoms with van der Waals surface area (Å²) in [4.78, 5) is 13.9. The standard InChI is InChI=1S/C21H24FN3O3S/c22-17-7-4-8-19(15-17)29(27,28)25-13-11-24(12-14-25)20(16-5-2-1-3-6-16)21(26)23-18-9-10-18/h1-8,15,18,20H,9-14H2,(H,23,26)/p+1/t20-/m1/s1. The number of quaternary nitrogens is 1. The Kier molecular flexibility index (Phi) is 5.67. The van der Waals surface area contributed by atoms with Crippen molar-refractivity contribution in [3.63, 3.8) is 0 Å². The van der Waals surface area contributed by atoms with Crippen molar-refractivity contribution < 1.29 is 22.5 Å². The number of hydrogen-bond donors (Lipinski definition) is 2. The van der Waals surface area contributed by atoms with E-state index in [4.69, 9.17) is 0 Å². The largest absolute Gasteiger partial charge is 0.348 e. The van der Waals surface area contributed by atoms with Crippen LogP contribution in [0.3, 0.4) is 0 Å². The number of piperazine rings is 1. The molecule has 2 N–H and O–H groups in total. The molecular weight excluding hydrogens is 393 g/mol. The molecule has 1 saturated heterocycles. The predicted molar refractivity (Wildman–Crippen MR) is 106 cm³/mol. The quantitative estimate of drug-likeness (QED) is 0.727. The van der Waals surface area contributed by atoms with Crippen molar-refractivity contribution >= 4 is 15.9 Å². The van der Waals surface area contributed by atoms with E-state index in [9.17, 15) is 17.6 Å². The molecule has 1 atom stereocenters. The van der Waals surface area contributed by atoms with Gasteiger partial charge in [0.2, 0.25) is 10.0 Å². The van der Waals surface area contributed by atoms with E-state index < -0.39 is 15.8 Å². The summed E-state index contributed by atoms with van der Waals surface area (Å²) < 4.78 is 40.6. The molecular formula is C21H25FN3O3S+. The third-order valence-corrected chi connectivity index (χ3v) is 7.42. The first kappa shape index (κ1) is 20.0. The molecule has 2 fully saturated rings. The molecule has 8 heteroatoms. The Hall–Kier alpha value is -2.29. The average Bonchev–Trinajstić information content (AvgIpc) is 3.53. The molecule has 0 aromatic heterocycles. The maximum absolute atomic E-state index is 13.5. The fourth-order valence-electron chi connectivity index (χ4n) is 3.81. The molecule has 1 amide bonds. The Morgan fingerprint density at radius 1 is 1.07 bits per heavy atom. The number of sulfonamides is 1. The van der Waals surface area contributed by atoms with Crippen molar-refractivity contribution in [1.29, 1.82) is 0 Å². The number of nitrogens with zero attached hydrogens (tertiary/aromatic N) is 1. The number of rotatable bonds is 6. The fourth-order valence-corrected chi connectivity index (χ4v) is 5.28. The average molecular weight is 419 g/mol. The van der Waals surface area contributed by atoms with Crippen LogP contribution in [0, 0.1) is 5.82 Å². The van der Waals surface area contributed by atoms with Gasteiger partial charge in [-0.05, 0) is 31.0 Å². The minimum absolute atomic E-state index is 0.00450. The van der Waals surface area contributed by atoms with Crippen molar-refractivity contribution in [2.75, 3.05) is 26.2 Å². The highest BCUT2D eigenvalue weighted by Gasteiger charge is 2.39. The molecule has 6 nitrogen and oxygen atoms in total. The Morgan fingerprint density at radius 3 is 2.38 bits per heavy atom. The first-order valence-corrected chi connectivity index (χ1v) is 11.3. The van der Waals surface area contributed by atoms with Crippen LogP contribution < -0.4 is 10.2 Å². The summed E-state index contributed by atoms with van der Waals surface area (Å²) >= 11 is 0. The van der Waals surface area contributed by atoms with E-state index in [-0.39, 0.29) is 36.0 Å². The number of halogens is 1. The van der Waals surface area contributed by atoms with Crippen molar-refractivity contribution in [2.45, 2.75) is 29.8 Å². The van der Waals surface area contributed by atoms with Gasteiger partial charge in [0.05, 0.1) is 31.1 Å². The smallest absolute Gasteiger partial charge is 0.283 e. The van der Waals surface area contributed by atoms with Gasteiger partial charge in [-0.3, -0.25) is 4.79 Å². The summed E-state index contributed by atoms with van der Waals surface area (Å²) in [5.74, 6) is -0.577. The second kappa shape index (κ2) is 8.22. The molecule has 0 radical (unpaired) electrons. The molecule has 154 valence electrons. The topological polar surface area (TPSA) is 70.9 Å². The molecule has 1 heterocycles. The second-order valence-electron chi connectivity index (χ2n) is 7.65. The Bertz CT molecular complexity index is 972. The van der Waals surface area contributed by atoms with Gasteiger partial charge in [0.25, 0.3) is 5.91 Å². The highest BCUT2D eigenvalue weighted by Crippen LogP contribution is 2.21. The zero-order valence-electron chi connectivity index (χ0n) is 16.1. The molecule has 0 bridgehead atoms. The normalized spacial score (nSPS) is 19.6. The summed E-state index contributed by atoms with van der Waals surface area (Å²) in [6.07, 6.45) is 2.03. The number of amides is 1. The van der Waals surface area contributed by atoms with Gasteiger partial charge in [0.15, 0.2) is 6.04 Å².